The number of hydrogen-bond acceptors (Lipinski definition) is 2. The van der Waals surface area contributed by atoms with Crippen molar-refractivity contribution in [2.24, 2.45) is 10.8 Å². The molecule has 122 valence electrons. The fraction of sp³-hybridized carbons (Fsp3) is 0.600. The van der Waals surface area contributed by atoms with E-state index in [-0.39, 0.29) is 15.8 Å². The highest BCUT2D eigenvalue weighted by molar-refractivity contribution is 8.04. The molecule has 2 aliphatic rings. The molecule has 2 rings (SSSR count). The van der Waals surface area contributed by atoms with Crippen LogP contribution in [0.1, 0.15) is 54.4 Å². The van der Waals surface area contributed by atoms with E-state index in [0.29, 0.717) is 0 Å². The molecule has 0 amide bonds. The maximum absolute atomic E-state index is 6.12. The van der Waals surface area contributed by atoms with Crippen LogP contribution in [0, 0.1) is 10.8 Å². The summed E-state index contributed by atoms with van der Waals surface area (Å²) in [6.07, 6.45) is 13.4. The van der Waals surface area contributed by atoms with E-state index in [2.05, 4.69) is 71.9 Å². The summed E-state index contributed by atoms with van der Waals surface area (Å²) in [7, 11) is 1.85. The number of methoxy groups -OCH3 is 1. The Morgan fingerprint density at radius 1 is 1.05 bits per heavy atom. The van der Waals surface area contributed by atoms with Crippen LogP contribution in [0.15, 0.2) is 46.4 Å². The Morgan fingerprint density at radius 2 is 1.73 bits per heavy atom. The van der Waals surface area contributed by atoms with Crippen LogP contribution in [-0.4, -0.2) is 12.0 Å². The van der Waals surface area contributed by atoms with Crippen molar-refractivity contribution in [1.82, 2.24) is 0 Å². The van der Waals surface area contributed by atoms with E-state index in [9.17, 15) is 0 Å². The average Bonchev–Trinajstić information content (AvgIpc) is 2.89. The van der Waals surface area contributed by atoms with Gasteiger partial charge in [-0.3, -0.25) is 0 Å². The van der Waals surface area contributed by atoms with Gasteiger partial charge in [-0.25, -0.2) is 0 Å². The topological polar surface area (TPSA) is 9.23 Å². The van der Waals surface area contributed by atoms with Crippen LogP contribution in [0.25, 0.3) is 0 Å². The Bertz CT molecular complexity index is 549. The molecule has 0 aromatic rings. The molecule has 0 radical (unpaired) electrons. The van der Waals surface area contributed by atoms with Crippen molar-refractivity contribution in [3.8, 4) is 0 Å². The summed E-state index contributed by atoms with van der Waals surface area (Å²) < 4.78 is 6.12. The number of allylic oxidation sites excluding steroid dienone is 5. The van der Waals surface area contributed by atoms with Crippen molar-refractivity contribution in [1.29, 1.82) is 0 Å². The van der Waals surface area contributed by atoms with E-state index < -0.39 is 0 Å². The summed E-state index contributed by atoms with van der Waals surface area (Å²) >= 11 is 1.86. The van der Waals surface area contributed by atoms with Crippen molar-refractivity contribution in [2.45, 2.75) is 59.3 Å². The molecule has 1 nitrogen and oxygen atoms in total. The Labute approximate surface area is 140 Å². The SMILES string of the molecule is COC1(SC2=CCC=C2)CC=C(C(C)(C)C)C=C1C(C)(C)C. The largest absolute Gasteiger partial charge is 0.363 e. The first-order valence-corrected chi connectivity index (χ1v) is 8.94. The highest BCUT2D eigenvalue weighted by Crippen LogP contribution is 2.52. The molecule has 2 aliphatic carbocycles. The van der Waals surface area contributed by atoms with Gasteiger partial charge in [-0.05, 0) is 28.4 Å². The van der Waals surface area contributed by atoms with Crippen molar-refractivity contribution < 1.29 is 4.74 Å². The van der Waals surface area contributed by atoms with E-state index in [1.54, 1.807) is 0 Å². The molecular formula is C20H30OS. The van der Waals surface area contributed by atoms with Gasteiger partial charge in [0.15, 0.2) is 0 Å². The molecule has 0 saturated carbocycles. The monoisotopic (exact) mass is 318 g/mol. The zero-order chi connectivity index (χ0) is 16.6. The zero-order valence-corrected chi connectivity index (χ0v) is 15.9. The summed E-state index contributed by atoms with van der Waals surface area (Å²) in [6.45, 7) is 13.7. The molecule has 0 aromatic heterocycles. The van der Waals surface area contributed by atoms with Gasteiger partial charge in [0.1, 0.15) is 4.93 Å². The summed E-state index contributed by atoms with van der Waals surface area (Å²) in [5.74, 6) is 0. The number of hydrogen-bond donors (Lipinski definition) is 0. The van der Waals surface area contributed by atoms with Crippen LogP contribution in [0.4, 0.5) is 0 Å². The Balaban J connectivity index is 2.44. The molecule has 1 atom stereocenters. The third-order valence-corrected chi connectivity index (χ3v) is 5.75. The van der Waals surface area contributed by atoms with E-state index in [4.69, 9.17) is 4.74 Å². The summed E-state index contributed by atoms with van der Waals surface area (Å²) in [5, 5.41) is 0. The van der Waals surface area contributed by atoms with Crippen LogP contribution >= 0.6 is 11.8 Å². The summed E-state index contributed by atoms with van der Waals surface area (Å²) in [5.41, 5.74) is 3.06. The van der Waals surface area contributed by atoms with E-state index in [1.165, 1.54) is 16.1 Å². The van der Waals surface area contributed by atoms with Crippen molar-refractivity contribution in [2.75, 3.05) is 7.11 Å². The molecule has 22 heavy (non-hydrogen) atoms. The lowest BCUT2D eigenvalue weighted by Gasteiger charge is -2.43. The van der Waals surface area contributed by atoms with E-state index in [1.807, 2.05) is 18.9 Å². The molecule has 0 spiro atoms. The second-order valence-electron chi connectivity index (χ2n) is 8.23. The van der Waals surface area contributed by atoms with Crippen molar-refractivity contribution in [3.63, 3.8) is 0 Å². The molecule has 0 heterocycles. The average molecular weight is 319 g/mol. The van der Waals surface area contributed by atoms with Crippen LogP contribution in [-0.2, 0) is 4.74 Å². The van der Waals surface area contributed by atoms with Gasteiger partial charge in [0, 0.05) is 18.4 Å². The maximum atomic E-state index is 6.12. The fourth-order valence-corrected chi connectivity index (χ4v) is 4.47. The quantitative estimate of drug-likeness (QED) is 0.568. The van der Waals surface area contributed by atoms with Gasteiger partial charge < -0.3 is 4.74 Å². The molecular weight excluding hydrogens is 288 g/mol. The molecule has 1 unspecified atom stereocenters. The second-order valence-corrected chi connectivity index (χ2v) is 9.56. The fourth-order valence-electron chi connectivity index (χ4n) is 3.02. The van der Waals surface area contributed by atoms with Gasteiger partial charge in [-0.1, -0.05) is 83.7 Å². The molecule has 2 heteroatoms. The predicted molar refractivity (Wildman–Crippen MR) is 98.9 cm³/mol. The third kappa shape index (κ3) is 3.60. The lowest BCUT2D eigenvalue weighted by atomic mass is 9.74. The summed E-state index contributed by atoms with van der Waals surface area (Å²) in [6, 6.07) is 0. The second kappa shape index (κ2) is 6.05. The number of ether oxygens (including phenoxy) is 1. The minimum absolute atomic E-state index is 0.0800. The first-order chi connectivity index (χ1) is 10.1. The van der Waals surface area contributed by atoms with Gasteiger partial charge in [0.25, 0.3) is 0 Å². The summed E-state index contributed by atoms with van der Waals surface area (Å²) in [4.78, 5) is 1.04. The third-order valence-electron chi connectivity index (χ3n) is 4.32. The minimum atomic E-state index is -0.284. The Morgan fingerprint density at radius 3 is 2.18 bits per heavy atom. The number of thioether (sulfide) groups is 1. The Hall–Kier alpha value is -0.730. The van der Waals surface area contributed by atoms with Gasteiger partial charge in [0.05, 0.1) is 0 Å². The highest BCUT2D eigenvalue weighted by atomic mass is 32.2. The minimum Gasteiger partial charge on any atom is -0.363 e. The van der Waals surface area contributed by atoms with Gasteiger partial charge in [0.2, 0.25) is 0 Å². The van der Waals surface area contributed by atoms with E-state index in [0.717, 1.165) is 12.8 Å². The van der Waals surface area contributed by atoms with Crippen LogP contribution in [0.2, 0.25) is 0 Å². The van der Waals surface area contributed by atoms with E-state index >= 15 is 0 Å². The Kier molecular flexibility index (Phi) is 4.85. The zero-order valence-electron chi connectivity index (χ0n) is 15.1. The van der Waals surface area contributed by atoms with Crippen LogP contribution in [0.3, 0.4) is 0 Å². The lowest BCUT2D eigenvalue weighted by Crippen LogP contribution is -2.38. The standard InChI is InChI=1S/C20H30OS/c1-18(2,3)15-12-13-20(21-7,17(14-15)19(4,5)6)22-16-10-8-9-11-16/h8,10-12,14H,9,13H2,1-7H3. The van der Waals surface area contributed by atoms with Crippen LogP contribution in [0.5, 0.6) is 0 Å². The normalized spacial score (nSPS) is 25.9. The van der Waals surface area contributed by atoms with Crippen molar-refractivity contribution in [3.05, 3.63) is 46.4 Å². The van der Waals surface area contributed by atoms with Crippen LogP contribution < -0.4 is 0 Å². The molecule has 0 saturated heterocycles. The smallest absolute Gasteiger partial charge is 0.143 e. The first kappa shape index (κ1) is 17.6. The predicted octanol–water partition coefficient (Wildman–Crippen LogP) is 6.25. The molecule has 0 aliphatic heterocycles. The van der Waals surface area contributed by atoms with Crippen molar-refractivity contribution >= 4 is 11.8 Å². The van der Waals surface area contributed by atoms with Gasteiger partial charge >= 0.3 is 0 Å². The molecule has 0 fully saturated rings. The molecule has 0 aromatic carbocycles. The maximum Gasteiger partial charge on any atom is 0.143 e. The lowest BCUT2D eigenvalue weighted by molar-refractivity contribution is 0.0859. The van der Waals surface area contributed by atoms with Gasteiger partial charge in [-0.15, -0.1) is 0 Å². The number of rotatable bonds is 3. The molecule has 0 bridgehead atoms. The first-order valence-electron chi connectivity index (χ1n) is 8.13. The highest BCUT2D eigenvalue weighted by Gasteiger charge is 2.43. The molecule has 0 N–H and O–H groups in total. The van der Waals surface area contributed by atoms with Gasteiger partial charge in [-0.2, -0.15) is 0 Å².